The van der Waals surface area contributed by atoms with Crippen LogP contribution >= 0.6 is 0 Å². The van der Waals surface area contributed by atoms with Gasteiger partial charge in [0, 0.05) is 0 Å². The van der Waals surface area contributed by atoms with Crippen molar-refractivity contribution in [1.29, 1.82) is 0 Å². The van der Waals surface area contributed by atoms with E-state index in [1.807, 2.05) is 60.7 Å². The smallest absolute Gasteiger partial charge is 0.350 e. The maximum absolute atomic E-state index is 12.5. The molecule has 0 saturated heterocycles. The molecule has 0 bridgehead atoms. The lowest BCUT2D eigenvalue weighted by Gasteiger charge is -2.05. The number of aromatic nitrogens is 5. The summed E-state index contributed by atoms with van der Waals surface area (Å²) in [5.41, 5.74) is 8.14. The molecule has 3 heterocycles. The Kier molecular flexibility index (Phi) is 3.55. The van der Waals surface area contributed by atoms with E-state index < -0.39 is 5.63 Å². The molecule has 0 unspecified atom stereocenters. The van der Waals surface area contributed by atoms with Crippen LogP contribution in [0.25, 0.3) is 33.9 Å². The molecular formula is C20H14N6O2. The topological polar surface area (TPSA) is 105 Å². The minimum atomic E-state index is -0.533. The van der Waals surface area contributed by atoms with Gasteiger partial charge in [0.1, 0.15) is 11.2 Å². The molecule has 28 heavy (non-hydrogen) atoms. The summed E-state index contributed by atoms with van der Waals surface area (Å²) in [4.78, 5) is 17.0. The average Bonchev–Trinajstić information content (AvgIpc) is 3.33. The Morgan fingerprint density at radius 3 is 2.11 bits per heavy atom. The normalized spacial score (nSPS) is 11.1. The number of anilines is 1. The van der Waals surface area contributed by atoms with Gasteiger partial charge in [0.25, 0.3) is 0 Å². The molecule has 5 aromatic rings. The second-order valence-corrected chi connectivity index (χ2v) is 6.13. The third-order valence-electron chi connectivity index (χ3n) is 4.40. The predicted molar refractivity (Wildman–Crippen MR) is 104 cm³/mol. The van der Waals surface area contributed by atoms with E-state index in [0.29, 0.717) is 22.4 Å². The number of hydrogen-bond donors (Lipinski definition) is 1. The fraction of sp³-hybridized carbons (Fsp3) is 0. The Balaban J connectivity index is 1.69. The largest absolute Gasteiger partial charge is 0.403 e. The van der Waals surface area contributed by atoms with Gasteiger partial charge in [-0.2, -0.15) is 15.2 Å². The predicted octanol–water partition coefficient (Wildman–Crippen LogP) is 2.81. The molecule has 8 heteroatoms. The monoisotopic (exact) mass is 370 g/mol. The molecule has 0 atom stereocenters. The first-order valence-corrected chi connectivity index (χ1v) is 8.56. The van der Waals surface area contributed by atoms with Gasteiger partial charge in [-0.25, -0.2) is 14.2 Å². The number of fused-ring (bicyclic) bond motifs is 1. The van der Waals surface area contributed by atoms with E-state index in [-0.39, 0.29) is 5.89 Å². The highest BCUT2D eigenvalue weighted by molar-refractivity contribution is 5.78. The molecule has 0 aliphatic carbocycles. The summed E-state index contributed by atoms with van der Waals surface area (Å²) < 4.78 is 8.56. The van der Waals surface area contributed by atoms with Gasteiger partial charge in [-0.15, -0.1) is 0 Å². The van der Waals surface area contributed by atoms with Crippen LogP contribution in [0.4, 0.5) is 5.82 Å². The number of rotatable bonds is 3. The summed E-state index contributed by atoms with van der Waals surface area (Å²) in [6, 6.07) is 18.9. The Bertz CT molecular complexity index is 1340. The molecular weight excluding hydrogens is 356 g/mol. The molecule has 5 rings (SSSR count). The molecule has 0 radical (unpaired) electrons. The minimum Gasteiger partial charge on any atom is -0.403 e. The van der Waals surface area contributed by atoms with Crippen LogP contribution in [0.2, 0.25) is 0 Å². The molecule has 3 aromatic heterocycles. The van der Waals surface area contributed by atoms with Crippen LogP contribution in [0.15, 0.2) is 82.3 Å². The van der Waals surface area contributed by atoms with Crippen LogP contribution < -0.4 is 11.4 Å². The van der Waals surface area contributed by atoms with Crippen LogP contribution in [0.5, 0.6) is 0 Å². The van der Waals surface area contributed by atoms with Crippen LogP contribution in [-0.2, 0) is 0 Å². The first-order valence-electron chi connectivity index (χ1n) is 8.56. The molecule has 0 fully saturated rings. The van der Waals surface area contributed by atoms with Crippen molar-refractivity contribution in [2.24, 2.45) is 0 Å². The summed E-state index contributed by atoms with van der Waals surface area (Å²) in [5.74, 6) is 0.418. The van der Waals surface area contributed by atoms with Gasteiger partial charge >= 0.3 is 5.63 Å². The molecule has 2 N–H and O–H groups in total. The Morgan fingerprint density at radius 1 is 0.821 bits per heavy atom. The number of hydrogen-bond acceptors (Lipinski definition) is 6. The van der Waals surface area contributed by atoms with E-state index in [9.17, 15) is 4.79 Å². The van der Waals surface area contributed by atoms with Gasteiger partial charge < -0.3 is 10.2 Å². The first kappa shape index (κ1) is 16.0. The molecule has 0 spiro atoms. The van der Waals surface area contributed by atoms with Crippen molar-refractivity contribution in [2.45, 2.75) is 0 Å². The van der Waals surface area contributed by atoms with Gasteiger partial charge in [-0.3, -0.25) is 0 Å². The number of para-hydroxylation sites is 2. The summed E-state index contributed by atoms with van der Waals surface area (Å²) in [6.07, 6.45) is 2.98. The van der Waals surface area contributed by atoms with Crippen molar-refractivity contribution in [3.63, 3.8) is 0 Å². The van der Waals surface area contributed by atoms with Gasteiger partial charge in [0.2, 0.25) is 5.89 Å². The number of nitrogens with two attached hydrogens (primary N) is 1. The third-order valence-corrected chi connectivity index (χ3v) is 4.40. The lowest BCUT2D eigenvalue weighted by Crippen LogP contribution is -2.06. The average molecular weight is 370 g/mol. The molecule has 0 aliphatic rings. The van der Waals surface area contributed by atoms with Gasteiger partial charge in [-0.1, -0.05) is 36.4 Å². The highest BCUT2D eigenvalue weighted by Crippen LogP contribution is 2.27. The summed E-state index contributed by atoms with van der Waals surface area (Å²) in [6.45, 7) is 0. The van der Waals surface area contributed by atoms with E-state index in [1.54, 1.807) is 9.36 Å². The van der Waals surface area contributed by atoms with E-state index in [4.69, 9.17) is 10.2 Å². The van der Waals surface area contributed by atoms with Crippen LogP contribution in [-0.4, -0.2) is 24.5 Å². The zero-order valence-corrected chi connectivity index (χ0v) is 14.6. The number of nitrogen functional groups attached to an aromatic ring is 1. The lowest BCUT2D eigenvalue weighted by atomic mass is 10.3. The molecule has 2 aromatic carbocycles. The van der Waals surface area contributed by atoms with Gasteiger partial charge in [0.15, 0.2) is 5.65 Å². The van der Waals surface area contributed by atoms with Crippen molar-refractivity contribution in [1.82, 2.24) is 24.5 Å². The highest BCUT2D eigenvalue weighted by Gasteiger charge is 2.19. The van der Waals surface area contributed by atoms with Crippen molar-refractivity contribution in [3.8, 4) is 22.8 Å². The van der Waals surface area contributed by atoms with E-state index in [0.717, 1.165) is 11.4 Å². The Labute approximate surface area is 158 Å². The zero-order chi connectivity index (χ0) is 19.1. The standard InChI is InChI=1S/C20H14N6O2/c21-17-15(11-22-25(17)13-7-3-1-4-8-13)19-24-18-16(20(27)28-19)12-23-26(18)14-9-5-2-6-10-14/h1-12H,21H2. The quantitative estimate of drug-likeness (QED) is 0.524. The van der Waals surface area contributed by atoms with Crippen LogP contribution in [0.1, 0.15) is 0 Å². The summed E-state index contributed by atoms with van der Waals surface area (Å²) in [7, 11) is 0. The Morgan fingerprint density at radius 2 is 1.43 bits per heavy atom. The second kappa shape index (κ2) is 6.20. The van der Waals surface area contributed by atoms with Crippen LogP contribution in [0.3, 0.4) is 0 Å². The van der Waals surface area contributed by atoms with E-state index >= 15 is 0 Å². The summed E-state index contributed by atoms with van der Waals surface area (Å²) in [5, 5.41) is 8.88. The first-order chi connectivity index (χ1) is 13.7. The zero-order valence-electron chi connectivity index (χ0n) is 14.6. The number of benzene rings is 2. The maximum atomic E-state index is 12.5. The van der Waals surface area contributed by atoms with Crippen molar-refractivity contribution in [2.75, 3.05) is 5.73 Å². The fourth-order valence-corrected chi connectivity index (χ4v) is 3.03. The molecule has 0 aliphatic heterocycles. The van der Waals surface area contributed by atoms with Crippen molar-refractivity contribution in [3.05, 3.63) is 83.5 Å². The Hall–Kier alpha value is -4.20. The second-order valence-electron chi connectivity index (χ2n) is 6.13. The van der Waals surface area contributed by atoms with Crippen molar-refractivity contribution >= 4 is 16.9 Å². The number of nitrogens with zero attached hydrogens (tertiary/aromatic N) is 5. The summed E-state index contributed by atoms with van der Waals surface area (Å²) >= 11 is 0. The molecule has 136 valence electrons. The molecule has 8 nitrogen and oxygen atoms in total. The molecule has 0 amide bonds. The molecule has 0 saturated carbocycles. The van der Waals surface area contributed by atoms with Crippen LogP contribution in [0, 0.1) is 0 Å². The SMILES string of the molecule is Nc1c(-c2nc3c(cnn3-c3ccccc3)c(=O)o2)cnn1-c1ccccc1. The van der Waals surface area contributed by atoms with Gasteiger partial charge in [0.05, 0.1) is 29.3 Å². The highest BCUT2D eigenvalue weighted by atomic mass is 16.4. The third kappa shape index (κ3) is 2.47. The minimum absolute atomic E-state index is 0.0925. The van der Waals surface area contributed by atoms with E-state index in [2.05, 4.69) is 15.2 Å². The maximum Gasteiger partial charge on any atom is 0.350 e. The van der Waals surface area contributed by atoms with Gasteiger partial charge in [-0.05, 0) is 24.3 Å². The lowest BCUT2D eigenvalue weighted by molar-refractivity contribution is 0.518. The fourth-order valence-electron chi connectivity index (χ4n) is 3.03. The van der Waals surface area contributed by atoms with Crippen molar-refractivity contribution < 1.29 is 4.42 Å². The van der Waals surface area contributed by atoms with E-state index in [1.165, 1.54) is 12.4 Å².